The van der Waals surface area contributed by atoms with Crippen molar-refractivity contribution >= 4 is 5.91 Å². The second kappa shape index (κ2) is 10.1. The number of ether oxygens (including phenoxy) is 2. The standard InChI is InChI=1S/C29H27N3O4/c1-35-25-17-22-15-16-31(28(21-11-7-4-8-12-21)23(22)18-26(25)36-2)29(34)24-13-14-27(33)32(30-24)19-20-9-5-3-6-10-20/h3-14,17-18,28H,15-16,19H2,1-2H3. The number of hydrogen-bond acceptors (Lipinski definition) is 5. The molecule has 7 heteroatoms. The van der Waals surface area contributed by atoms with Gasteiger partial charge in [-0.05, 0) is 46.9 Å². The molecule has 1 aliphatic rings. The van der Waals surface area contributed by atoms with E-state index in [1.54, 1.807) is 14.2 Å². The highest BCUT2D eigenvalue weighted by Gasteiger charge is 2.34. The lowest BCUT2D eigenvalue weighted by Crippen LogP contribution is -2.41. The normalized spacial score (nSPS) is 14.7. The highest BCUT2D eigenvalue weighted by molar-refractivity contribution is 5.93. The van der Waals surface area contributed by atoms with E-state index in [1.165, 1.54) is 16.8 Å². The number of fused-ring (bicyclic) bond motifs is 1. The van der Waals surface area contributed by atoms with Gasteiger partial charge in [0.1, 0.15) is 5.69 Å². The van der Waals surface area contributed by atoms with Gasteiger partial charge in [-0.15, -0.1) is 0 Å². The molecule has 5 rings (SSSR count). The van der Waals surface area contributed by atoms with E-state index >= 15 is 0 Å². The van der Waals surface area contributed by atoms with Crippen molar-refractivity contribution in [3.8, 4) is 11.5 Å². The smallest absolute Gasteiger partial charge is 0.275 e. The second-order valence-electron chi connectivity index (χ2n) is 8.67. The summed E-state index contributed by atoms with van der Waals surface area (Å²) in [7, 11) is 3.22. The molecule has 0 aliphatic carbocycles. The first-order valence-corrected chi connectivity index (χ1v) is 11.8. The van der Waals surface area contributed by atoms with Crippen molar-refractivity contribution in [3.05, 3.63) is 123 Å². The van der Waals surface area contributed by atoms with Crippen LogP contribution < -0.4 is 15.0 Å². The van der Waals surface area contributed by atoms with E-state index in [0.29, 0.717) is 31.0 Å². The maximum atomic E-state index is 13.9. The van der Waals surface area contributed by atoms with Crippen LogP contribution in [0.2, 0.25) is 0 Å². The monoisotopic (exact) mass is 481 g/mol. The van der Waals surface area contributed by atoms with Crippen LogP contribution in [0, 0.1) is 0 Å². The molecule has 4 aromatic rings. The van der Waals surface area contributed by atoms with Crippen molar-refractivity contribution in [2.45, 2.75) is 19.0 Å². The van der Waals surface area contributed by atoms with Gasteiger partial charge < -0.3 is 14.4 Å². The Morgan fingerprint density at radius 3 is 2.28 bits per heavy atom. The van der Waals surface area contributed by atoms with Gasteiger partial charge in [-0.25, -0.2) is 4.68 Å². The van der Waals surface area contributed by atoms with Crippen molar-refractivity contribution in [2.75, 3.05) is 20.8 Å². The van der Waals surface area contributed by atoms with Gasteiger partial charge in [0, 0.05) is 12.6 Å². The molecule has 1 amide bonds. The lowest BCUT2D eigenvalue weighted by Gasteiger charge is -2.38. The third-order valence-corrected chi connectivity index (χ3v) is 6.51. The zero-order valence-electron chi connectivity index (χ0n) is 20.3. The molecule has 0 radical (unpaired) electrons. The van der Waals surface area contributed by atoms with Crippen molar-refractivity contribution in [2.24, 2.45) is 0 Å². The molecule has 182 valence electrons. The summed E-state index contributed by atoms with van der Waals surface area (Å²) in [6.45, 7) is 0.795. The molecule has 1 aliphatic heterocycles. The van der Waals surface area contributed by atoms with Gasteiger partial charge in [-0.2, -0.15) is 5.10 Å². The molecule has 3 aromatic carbocycles. The Morgan fingerprint density at radius 1 is 0.917 bits per heavy atom. The number of aromatic nitrogens is 2. The van der Waals surface area contributed by atoms with Gasteiger partial charge in [-0.3, -0.25) is 9.59 Å². The molecule has 1 unspecified atom stereocenters. The van der Waals surface area contributed by atoms with Gasteiger partial charge in [0.15, 0.2) is 11.5 Å². The fraction of sp³-hybridized carbons (Fsp3) is 0.207. The number of hydrogen-bond donors (Lipinski definition) is 0. The zero-order valence-corrected chi connectivity index (χ0v) is 20.3. The van der Waals surface area contributed by atoms with Crippen molar-refractivity contribution in [1.82, 2.24) is 14.7 Å². The molecule has 0 spiro atoms. The van der Waals surface area contributed by atoms with Crippen LogP contribution in [-0.4, -0.2) is 41.4 Å². The number of methoxy groups -OCH3 is 2. The van der Waals surface area contributed by atoms with Crippen LogP contribution in [0.5, 0.6) is 11.5 Å². The van der Waals surface area contributed by atoms with Gasteiger partial charge in [0.05, 0.1) is 26.8 Å². The third kappa shape index (κ3) is 4.47. The van der Waals surface area contributed by atoms with Crippen LogP contribution in [0.4, 0.5) is 0 Å². The van der Waals surface area contributed by atoms with E-state index in [4.69, 9.17) is 9.47 Å². The minimum absolute atomic E-state index is 0.230. The number of carbonyl (C=O) groups excluding carboxylic acids is 1. The van der Waals surface area contributed by atoms with E-state index in [0.717, 1.165) is 22.3 Å². The maximum Gasteiger partial charge on any atom is 0.275 e. The Bertz CT molecular complexity index is 1430. The number of nitrogens with zero attached hydrogens (tertiary/aromatic N) is 3. The molecule has 0 N–H and O–H groups in total. The summed E-state index contributed by atoms with van der Waals surface area (Å²) in [6.07, 6.45) is 0.661. The Morgan fingerprint density at radius 2 is 1.58 bits per heavy atom. The average Bonchev–Trinajstić information content (AvgIpc) is 2.93. The van der Waals surface area contributed by atoms with E-state index < -0.39 is 0 Å². The van der Waals surface area contributed by atoms with Crippen molar-refractivity contribution < 1.29 is 14.3 Å². The minimum atomic E-state index is -0.335. The Balaban J connectivity index is 1.55. The summed E-state index contributed by atoms with van der Waals surface area (Å²) in [5, 5.41) is 4.46. The summed E-state index contributed by atoms with van der Waals surface area (Å²) in [4.78, 5) is 28.2. The predicted molar refractivity (Wildman–Crippen MR) is 137 cm³/mol. The van der Waals surface area contributed by atoms with Crippen LogP contribution in [0.1, 0.15) is 38.8 Å². The van der Waals surface area contributed by atoms with Crippen molar-refractivity contribution in [1.29, 1.82) is 0 Å². The molecular formula is C29H27N3O4. The zero-order chi connectivity index (χ0) is 25.1. The van der Waals surface area contributed by atoms with E-state index in [2.05, 4.69) is 5.10 Å². The van der Waals surface area contributed by atoms with Gasteiger partial charge in [0.25, 0.3) is 11.5 Å². The van der Waals surface area contributed by atoms with E-state index in [1.807, 2.05) is 77.7 Å². The average molecular weight is 482 g/mol. The molecule has 1 atom stereocenters. The van der Waals surface area contributed by atoms with E-state index in [-0.39, 0.29) is 23.2 Å². The Hall–Kier alpha value is -4.39. The SMILES string of the molecule is COc1cc2c(cc1OC)C(c1ccccc1)N(C(=O)c1ccc(=O)n(Cc3ccccc3)n1)CC2. The quantitative estimate of drug-likeness (QED) is 0.415. The maximum absolute atomic E-state index is 13.9. The minimum Gasteiger partial charge on any atom is -0.493 e. The lowest BCUT2D eigenvalue weighted by atomic mass is 9.87. The third-order valence-electron chi connectivity index (χ3n) is 6.51. The summed E-state index contributed by atoms with van der Waals surface area (Å²) < 4.78 is 12.4. The van der Waals surface area contributed by atoms with Crippen LogP contribution in [0.15, 0.2) is 89.7 Å². The number of amides is 1. The first-order valence-electron chi connectivity index (χ1n) is 11.8. The molecule has 36 heavy (non-hydrogen) atoms. The highest BCUT2D eigenvalue weighted by Crippen LogP contribution is 2.41. The molecule has 1 aromatic heterocycles. The molecule has 0 fully saturated rings. The lowest BCUT2D eigenvalue weighted by molar-refractivity contribution is 0.0685. The highest BCUT2D eigenvalue weighted by atomic mass is 16.5. The van der Waals surface area contributed by atoms with Crippen LogP contribution >= 0.6 is 0 Å². The summed E-state index contributed by atoms with van der Waals surface area (Å²) in [5.74, 6) is 1.05. The fourth-order valence-corrected chi connectivity index (χ4v) is 4.74. The van der Waals surface area contributed by atoms with Gasteiger partial charge in [0.2, 0.25) is 0 Å². The molecule has 0 saturated heterocycles. The van der Waals surface area contributed by atoms with Crippen molar-refractivity contribution in [3.63, 3.8) is 0 Å². The van der Waals surface area contributed by atoms with Crippen LogP contribution in [0.3, 0.4) is 0 Å². The summed E-state index contributed by atoms with van der Waals surface area (Å²) in [6, 6.07) is 26.0. The van der Waals surface area contributed by atoms with Crippen LogP contribution in [0.25, 0.3) is 0 Å². The second-order valence-corrected chi connectivity index (χ2v) is 8.67. The van der Waals surface area contributed by atoms with Gasteiger partial charge >= 0.3 is 0 Å². The topological polar surface area (TPSA) is 73.7 Å². The first kappa shape index (κ1) is 23.4. The predicted octanol–water partition coefficient (Wildman–Crippen LogP) is 4.10. The summed E-state index contributed by atoms with van der Waals surface area (Å²) >= 11 is 0. The van der Waals surface area contributed by atoms with Crippen LogP contribution in [-0.2, 0) is 13.0 Å². The summed E-state index contributed by atoms with van der Waals surface area (Å²) in [5.41, 5.74) is 3.98. The molecule has 0 saturated carbocycles. The Labute approximate surface area is 209 Å². The molecule has 7 nitrogen and oxygen atoms in total. The Kier molecular flexibility index (Phi) is 6.54. The van der Waals surface area contributed by atoms with E-state index in [9.17, 15) is 9.59 Å². The molecule has 2 heterocycles. The number of benzene rings is 3. The number of rotatable bonds is 6. The number of carbonyl (C=O) groups is 1. The molecular weight excluding hydrogens is 454 g/mol. The largest absolute Gasteiger partial charge is 0.493 e. The van der Waals surface area contributed by atoms with Gasteiger partial charge in [-0.1, -0.05) is 60.7 Å². The molecule has 0 bridgehead atoms. The fourth-order valence-electron chi connectivity index (χ4n) is 4.74. The first-order chi connectivity index (χ1) is 17.6.